The lowest BCUT2D eigenvalue weighted by atomic mass is 10.1. The average Bonchev–Trinajstić information content (AvgIpc) is 3.02. The number of hydrogen-bond donors (Lipinski definition) is 2. The van der Waals surface area contributed by atoms with Gasteiger partial charge in [-0.15, -0.1) is 0 Å². The summed E-state index contributed by atoms with van der Waals surface area (Å²) in [5.74, 6) is -0.942. The van der Waals surface area contributed by atoms with E-state index in [1.54, 1.807) is 18.2 Å². The monoisotopic (exact) mass is 440 g/mol. The lowest BCUT2D eigenvalue weighted by Gasteiger charge is -2.14. The van der Waals surface area contributed by atoms with E-state index in [0.29, 0.717) is 41.5 Å². The molecule has 9 nitrogen and oxygen atoms in total. The Morgan fingerprint density at radius 2 is 1.62 bits per heavy atom. The van der Waals surface area contributed by atoms with Gasteiger partial charge in [0, 0.05) is 29.7 Å². The maximum atomic E-state index is 12.4. The summed E-state index contributed by atoms with van der Waals surface area (Å²) in [6, 6.07) is 10.9. The number of carbonyl (C=O) groups is 4. The van der Waals surface area contributed by atoms with E-state index in [4.69, 9.17) is 19.9 Å². The van der Waals surface area contributed by atoms with Crippen molar-refractivity contribution in [3.05, 3.63) is 53.6 Å². The second kappa shape index (κ2) is 10.4. The molecule has 0 fully saturated rings. The second-order valence-electron chi connectivity index (χ2n) is 7.20. The molecule has 3 rings (SSSR count). The molecule has 0 aliphatic carbocycles. The van der Waals surface area contributed by atoms with E-state index in [2.05, 4.69) is 5.32 Å². The van der Waals surface area contributed by atoms with Gasteiger partial charge in [0.2, 0.25) is 5.91 Å². The van der Waals surface area contributed by atoms with E-state index < -0.39 is 23.9 Å². The summed E-state index contributed by atoms with van der Waals surface area (Å²) < 4.78 is 16.2. The fraction of sp³-hybridized carbons (Fsp3) is 0.304. The summed E-state index contributed by atoms with van der Waals surface area (Å²) >= 11 is 0. The van der Waals surface area contributed by atoms with Gasteiger partial charge in [-0.25, -0.2) is 0 Å². The molecule has 1 aliphatic heterocycles. The number of ketones is 1. The number of esters is 1. The van der Waals surface area contributed by atoms with Gasteiger partial charge in [-0.2, -0.15) is 0 Å². The molecule has 1 aliphatic rings. The van der Waals surface area contributed by atoms with Crippen LogP contribution in [0.3, 0.4) is 0 Å². The van der Waals surface area contributed by atoms with Crippen molar-refractivity contribution in [2.45, 2.75) is 32.3 Å². The van der Waals surface area contributed by atoms with E-state index in [1.165, 1.54) is 31.2 Å². The molecule has 32 heavy (non-hydrogen) atoms. The van der Waals surface area contributed by atoms with Gasteiger partial charge in [0.15, 0.2) is 23.4 Å². The quantitative estimate of drug-likeness (QED) is 0.476. The van der Waals surface area contributed by atoms with Gasteiger partial charge in [0.25, 0.3) is 5.91 Å². The molecule has 0 aromatic heterocycles. The van der Waals surface area contributed by atoms with Gasteiger partial charge >= 0.3 is 5.97 Å². The zero-order chi connectivity index (χ0) is 23.1. The van der Waals surface area contributed by atoms with Crippen molar-refractivity contribution >= 4 is 29.3 Å². The summed E-state index contributed by atoms with van der Waals surface area (Å²) in [4.78, 5) is 47.8. The minimum atomic E-state index is -1.06. The van der Waals surface area contributed by atoms with E-state index in [0.717, 1.165) is 6.42 Å². The third kappa shape index (κ3) is 6.07. The van der Waals surface area contributed by atoms with Crippen LogP contribution in [0, 0.1) is 0 Å². The van der Waals surface area contributed by atoms with Gasteiger partial charge in [0.1, 0.15) is 0 Å². The van der Waals surface area contributed by atoms with Crippen LogP contribution in [0.1, 0.15) is 46.9 Å². The molecule has 0 unspecified atom stereocenters. The standard InChI is InChI=1S/C23H24N2O7/c1-14(23(29)25-17-6-3-15(4-7-17)22(24)28)32-21(27)10-8-18(26)16-5-9-19-20(13-16)31-12-2-11-30-19/h3-7,9,13-14H,2,8,10-12H2,1H3,(H2,24,28)(H,25,29)/t14-/m1/s1. The molecule has 3 N–H and O–H groups in total. The van der Waals surface area contributed by atoms with Crippen LogP contribution in [0.15, 0.2) is 42.5 Å². The molecule has 168 valence electrons. The van der Waals surface area contributed by atoms with Crippen molar-refractivity contribution in [1.82, 2.24) is 0 Å². The van der Waals surface area contributed by atoms with Crippen molar-refractivity contribution < 1.29 is 33.4 Å². The number of carbonyl (C=O) groups excluding carboxylic acids is 4. The van der Waals surface area contributed by atoms with E-state index in [-0.39, 0.29) is 18.6 Å². The maximum absolute atomic E-state index is 12.4. The lowest BCUT2D eigenvalue weighted by molar-refractivity contribution is -0.153. The summed E-state index contributed by atoms with van der Waals surface area (Å²) in [6.07, 6.45) is -0.542. The number of ether oxygens (including phenoxy) is 3. The van der Waals surface area contributed by atoms with Crippen LogP contribution in [0.25, 0.3) is 0 Å². The number of anilines is 1. The first kappa shape index (κ1) is 22.8. The Kier molecular flexibility index (Phi) is 7.43. The highest BCUT2D eigenvalue weighted by Crippen LogP contribution is 2.30. The van der Waals surface area contributed by atoms with Crippen LogP contribution >= 0.6 is 0 Å². The first-order valence-electron chi connectivity index (χ1n) is 10.2. The predicted octanol–water partition coefficient (Wildman–Crippen LogP) is 2.48. The molecule has 1 atom stereocenters. The van der Waals surface area contributed by atoms with Gasteiger partial charge in [0.05, 0.1) is 19.6 Å². The molecule has 2 aromatic rings. The highest BCUT2D eigenvalue weighted by Gasteiger charge is 2.20. The predicted molar refractivity (Wildman–Crippen MR) is 115 cm³/mol. The van der Waals surface area contributed by atoms with Crippen LogP contribution in [-0.4, -0.2) is 42.9 Å². The highest BCUT2D eigenvalue weighted by molar-refractivity contribution is 5.99. The van der Waals surface area contributed by atoms with Crippen LogP contribution in [0.2, 0.25) is 0 Å². The highest BCUT2D eigenvalue weighted by atomic mass is 16.5. The van der Waals surface area contributed by atoms with Crippen molar-refractivity contribution in [3.8, 4) is 11.5 Å². The number of hydrogen-bond acceptors (Lipinski definition) is 7. The summed E-state index contributed by atoms with van der Waals surface area (Å²) in [5, 5.41) is 2.58. The van der Waals surface area contributed by atoms with Gasteiger partial charge in [-0.05, 0) is 49.4 Å². The number of nitrogens with one attached hydrogen (secondary N) is 1. The Bertz CT molecular complexity index is 1020. The topological polar surface area (TPSA) is 134 Å². The Balaban J connectivity index is 1.47. The molecule has 0 saturated heterocycles. The molecule has 2 amide bonds. The molecule has 0 radical (unpaired) electrons. The van der Waals surface area contributed by atoms with Crippen molar-refractivity contribution in [3.63, 3.8) is 0 Å². The Morgan fingerprint density at radius 3 is 2.31 bits per heavy atom. The summed E-state index contributed by atoms with van der Waals surface area (Å²) in [7, 11) is 0. The zero-order valence-corrected chi connectivity index (χ0v) is 17.6. The first-order chi connectivity index (χ1) is 15.3. The summed E-state index contributed by atoms with van der Waals surface area (Å²) in [5.41, 5.74) is 6.31. The molecule has 9 heteroatoms. The number of primary amides is 1. The minimum Gasteiger partial charge on any atom is -0.490 e. The summed E-state index contributed by atoms with van der Waals surface area (Å²) in [6.45, 7) is 2.49. The number of nitrogens with two attached hydrogens (primary N) is 1. The number of rotatable bonds is 8. The number of fused-ring (bicyclic) bond motifs is 1. The maximum Gasteiger partial charge on any atom is 0.307 e. The molecular weight excluding hydrogens is 416 g/mol. The van der Waals surface area contributed by atoms with Crippen LogP contribution in [0.4, 0.5) is 5.69 Å². The third-order valence-corrected chi connectivity index (χ3v) is 4.74. The molecule has 0 spiro atoms. The van der Waals surface area contributed by atoms with Crippen molar-refractivity contribution in [2.75, 3.05) is 18.5 Å². The van der Waals surface area contributed by atoms with Crippen LogP contribution in [-0.2, 0) is 14.3 Å². The van der Waals surface area contributed by atoms with Crippen molar-refractivity contribution in [1.29, 1.82) is 0 Å². The van der Waals surface area contributed by atoms with E-state index in [9.17, 15) is 19.2 Å². The van der Waals surface area contributed by atoms with Gasteiger partial charge < -0.3 is 25.3 Å². The van der Waals surface area contributed by atoms with Crippen LogP contribution in [0.5, 0.6) is 11.5 Å². The third-order valence-electron chi connectivity index (χ3n) is 4.74. The Morgan fingerprint density at radius 1 is 0.969 bits per heavy atom. The molecule has 2 aromatic carbocycles. The average molecular weight is 440 g/mol. The largest absolute Gasteiger partial charge is 0.490 e. The molecule has 0 bridgehead atoms. The fourth-order valence-electron chi connectivity index (χ4n) is 2.97. The molecule has 0 saturated carbocycles. The van der Waals surface area contributed by atoms with Gasteiger partial charge in [-0.1, -0.05) is 0 Å². The van der Waals surface area contributed by atoms with E-state index >= 15 is 0 Å². The smallest absolute Gasteiger partial charge is 0.307 e. The Labute approximate surface area is 184 Å². The normalized spacial score (nSPS) is 13.4. The SMILES string of the molecule is C[C@@H](OC(=O)CCC(=O)c1ccc2c(c1)OCCCO2)C(=O)Nc1ccc(C(N)=O)cc1. The zero-order valence-electron chi connectivity index (χ0n) is 17.6. The molecular formula is C23H24N2O7. The number of benzene rings is 2. The van der Waals surface area contributed by atoms with E-state index in [1.807, 2.05) is 0 Å². The van der Waals surface area contributed by atoms with Gasteiger partial charge in [-0.3, -0.25) is 19.2 Å². The first-order valence-corrected chi connectivity index (χ1v) is 10.2. The second-order valence-corrected chi connectivity index (χ2v) is 7.20. The number of Topliss-reactive ketones (excluding diaryl/α,β-unsaturated/α-hetero) is 1. The fourth-order valence-corrected chi connectivity index (χ4v) is 2.97. The van der Waals surface area contributed by atoms with Crippen molar-refractivity contribution in [2.24, 2.45) is 5.73 Å². The number of amides is 2. The lowest BCUT2D eigenvalue weighted by Crippen LogP contribution is -2.30. The van der Waals surface area contributed by atoms with Crippen LogP contribution < -0.4 is 20.5 Å². The minimum absolute atomic E-state index is 0.0681. The molecule has 1 heterocycles. The Hall–Kier alpha value is -3.88.